The second kappa shape index (κ2) is 3.78. The van der Waals surface area contributed by atoms with E-state index >= 15 is 0 Å². The molecule has 1 N–H and O–H groups in total. The number of likely N-dealkylation sites (tertiary alicyclic amines) is 1. The Bertz CT molecular complexity index is 248. The highest BCUT2D eigenvalue weighted by molar-refractivity contribution is 5.82. The van der Waals surface area contributed by atoms with Gasteiger partial charge in [-0.2, -0.15) is 0 Å². The van der Waals surface area contributed by atoms with Crippen LogP contribution in [0.5, 0.6) is 0 Å². The minimum atomic E-state index is 0.142. The highest BCUT2D eigenvalue weighted by Gasteiger charge is 2.39. The van der Waals surface area contributed by atoms with E-state index in [4.69, 9.17) is 0 Å². The lowest BCUT2D eigenvalue weighted by molar-refractivity contribution is -0.132. The smallest absolute Gasteiger partial charge is 0.239 e. The summed E-state index contributed by atoms with van der Waals surface area (Å²) < 4.78 is 0. The van der Waals surface area contributed by atoms with Gasteiger partial charge in [-0.05, 0) is 44.1 Å². The SMILES string of the molecule is O=C([C@@H]1CCCN1)N1CC2CCCC2C1. The summed E-state index contributed by atoms with van der Waals surface area (Å²) in [6, 6.07) is 0.142. The Morgan fingerprint density at radius 3 is 2.40 bits per heavy atom. The molecule has 0 radical (unpaired) electrons. The Labute approximate surface area is 91.2 Å². The van der Waals surface area contributed by atoms with Crippen molar-refractivity contribution < 1.29 is 4.79 Å². The maximum atomic E-state index is 12.1. The molecule has 3 heteroatoms. The van der Waals surface area contributed by atoms with Crippen LogP contribution >= 0.6 is 0 Å². The maximum Gasteiger partial charge on any atom is 0.239 e. The molecule has 1 saturated carbocycles. The van der Waals surface area contributed by atoms with Crippen molar-refractivity contribution in [1.82, 2.24) is 10.2 Å². The summed E-state index contributed by atoms with van der Waals surface area (Å²) >= 11 is 0. The van der Waals surface area contributed by atoms with Crippen LogP contribution in [0.4, 0.5) is 0 Å². The second-order valence-corrected chi connectivity index (χ2v) is 5.34. The summed E-state index contributed by atoms with van der Waals surface area (Å²) in [6.07, 6.45) is 6.31. The van der Waals surface area contributed by atoms with Crippen LogP contribution in [0.1, 0.15) is 32.1 Å². The largest absolute Gasteiger partial charge is 0.341 e. The molecule has 84 valence electrons. The quantitative estimate of drug-likeness (QED) is 0.697. The van der Waals surface area contributed by atoms with Crippen molar-refractivity contribution in [3.8, 4) is 0 Å². The van der Waals surface area contributed by atoms with Crippen molar-refractivity contribution in [2.24, 2.45) is 11.8 Å². The Balaban J connectivity index is 1.61. The van der Waals surface area contributed by atoms with Gasteiger partial charge in [0.1, 0.15) is 0 Å². The molecule has 1 aliphatic carbocycles. The number of nitrogens with one attached hydrogen (secondary N) is 1. The molecular weight excluding hydrogens is 188 g/mol. The second-order valence-electron chi connectivity index (χ2n) is 5.34. The highest BCUT2D eigenvalue weighted by Crippen LogP contribution is 2.38. The maximum absolute atomic E-state index is 12.1. The number of rotatable bonds is 1. The van der Waals surface area contributed by atoms with Gasteiger partial charge in [-0.15, -0.1) is 0 Å². The van der Waals surface area contributed by atoms with Gasteiger partial charge >= 0.3 is 0 Å². The standard InChI is InChI=1S/C12H20N2O/c15-12(11-5-2-6-13-11)14-7-9-3-1-4-10(9)8-14/h9-11,13H,1-8H2/t9?,10?,11-/m0/s1. The predicted molar refractivity (Wildman–Crippen MR) is 58.4 cm³/mol. The molecule has 2 heterocycles. The molecule has 3 atom stereocenters. The van der Waals surface area contributed by atoms with Crippen LogP contribution in [0.25, 0.3) is 0 Å². The zero-order chi connectivity index (χ0) is 10.3. The lowest BCUT2D eigenvalue weighted by Gasteiger charge is -2.21. The molecule has 0 aromatic carbocycles. The first-order valence-electron chi connectivity index (χ1n) is 6.37. The average molecular weight is 208 g/mol. The molecule has 2 aliphatic heterocycles. The van der Waals surface area contributed by atoms with Crippen molar-refractivity contribution in [3.05, 3.63) is 0 Å². The molecule has 3 nitrogen and oxygen atoms in total. The van der Waals surface area contributed by atoms with E-state index < -0.39 is 0 Å². The lowest BCUT2D eigenvalue weighted by atomic mass is 10.0. The molecule has 3 aliphatic rings. The van der Waals surface area contributed by atoms with E-state index in [-0.39, 0.29) is 6.04 Å². The molecule has 3 rings (SSSR count). The van der Waals surface area contributed by atoms with Gasteiger partial charge in [-0.1, -0.05) is 6.42 Å². The third-order valence-electron chi connectivity index (χ3n) is 4.40. The van der Waals surface area contributed by atoms with E-state index in [9.17, 15) is 4.79 Å². The zero-order valence-corrected chi connectivity index (χ0v) is 9.24. The Kier molecular flexibility index (Phi) is 2.43. The average Bonchev–Trinajstić information content (AvgIpc) is 2.92. The monoisotopic (exact) mass is 208 g/mol. The minimum absolute atomic E-state index is 0.142. The van der Waals surface area contributed by atoms with E-state index in [0.29, 0.717) is 5.91 Å². The first-order chi connectivity index (χ1) is 7.34. The molecule has 1 amide bonds. The van der Waals surface area contributed by atoms with Gasteiger partial charge in [-0.25, -0.2) is 0 Å². The van der Waals surface area contributed by atoms with Crippen LogP contribution in [0.2, 0.25) is 0 Å². The third-order valence-corrected chi connectivity index (χ3v) is 4.40. The van der Waals surface area contributed by atoms with Crippen LogP contribution in [0.3, 0.4) is 0 Å². The zero-order valence-electron chi connectivity index (χ0n) is 9.24. The van der Waals surface area contributed by atoms with Crippen LogP contribution in [-0.2, 0) is 4.79 Å². The van der Waals surface area contributed by atoms with Crippen LogP contribution in [0.15, 0.2) is 0 Å². The normalized spacial score (nSPS) is 39.7. The number of carbonyl (C=O) groups excluding carboxylic acids is 1. The van der Waals surface area contributed by atoms with Gasteiger partial charge < -0.3 is 10.2 Å². The number of hydrogen-bond donors (Lipinski definition) is 1. The van der Waals surface area contributed by atoms with Crippen molar-refractivity contribution in [1.29, 1.82) is 0 Å². The Morgan fingerprint density at radius 2 is 1.80 bits per heavy atom. The fourth-order valence-corrected chi connectivity index (χ4v) is 3.53. The van der Waals surface area contributed by atoms with Gasteiger partial charge in [-0.3, -0.25) is 4.79 Å². The summed E-state index contributed by atoms with van der Waals surface area (Å²) in [5, 5.41) is 3.31. The predicted octanol–water partition coefficient (Wildman–Crippen LogP) is 0.997. The summed E-state index contributed by atoms with van der Waals surface area (Å²) in [5.74, 6) is 2.03. The highest BCUT2D eigenvalue weighted by atomic mass is 16.2. The first-order valence-corrected chi connectivity index (χ1v) is 6.37. The molecule has 0 bridgehead atoms. The van der Waals surface area contributed by atoms with Crippen LogP contribution < -0.4 is 5.32 Å². The van der Waals surface area contributed by atoms with Gasteiger partial charge in [0, 0.05) is 13.1 Å². The van der Waals surface area contributed by atoms with Crippen molar-refractivity contribution in [3.63, 3.8) is 0 Å². The summed E-state index contributed by atoms with van der Waals surface area (Å²) in [7, 11) is 0. The number of amides is 1. The van der Waals surface area contributed by atoms with Gasteiger partial charge in [0.05, 0.1) is 6.04 Å². The Morgan fingerprint density at radius 1 is 1.07 bits per heavy atom. The van der Waals surface area contributed by atoms with Crippen molar-refractivity contribution >= 4 is 5.91 Å². The molecule has 0 spiro atoms. The van der Waals surface area contributed by atoms with Crippen LogP contribution in [0, 0.1) is 11.8 Å². The molecule has 2 saturated heterocycles. The number of hydrogen-bond acceptors (Lipinski definition) is 2. The third kappa shape index (κ3) is 1.67. The van der Waals surface area contributed by atoms with Gasteiger partial charge in [0.15, 0.2) is 0 Å². The summed E-state index contributed by atoms with van der Waals surface area (Å²) in [6.45, 7) is 3.11. The number of nitrogens with zero attached hydrogens (tertiary/aromatic N) is 1. The van der Waals surface area contributed by atoms with E-state index in [1.54, 1.807) is 0 Å². The van der Waals surface area contributed by atoms with E-state index in [1.165, 1.54) is 19.3 Å². The fourth-order valence-electron chi connectivity index (χ4n) is 3.53. The Hall–Kier alpha value is -0.570. The molecule has 3 fully saturated rings. The van der Waals surface area contributed by atoms with E-state index in [1.807, 2.05) is 0 Å². The first kappa shape index (κ1) is 9.64. The molecule has 0 aromatic heterocycles. The fraction of sp³-hybridized carbons (Fsp3) is 0.917. The van der Waals surface area contributed by atoms with E-state index in [0.717, 1.165) is 44.3 Å². The molecule has 0 aromatic rings. The van der Waals surface area contributed by atoms with Crippen molar-refractivity contribution in [2.45, 2.75) is 38.1 Å². The minimum Gasteiger partial charge on any atom is -0.341 e. The molecular formula is C12H20N2O. The van der Waals surface area contributed by atoms with Crippen molar-refractivity contribution in [2.75, 3.05) is 19.6 Å². The molecule has 15 heavy (non-hydrogen) atoms. The topological polar surface area (TPSA) is 32.3 Å². The van der Waals surface area contributed by atoms with Crippen LogP contribution in [-0.4, -0.2) is 36.5 Å². The molecule has 2 unspecified atom stereocenters. The summed E-state index contributed by atoms with van der Waals surface area (Å²) in [5.41, 5.74) is 0. The lowest BCUT2D eigenvalue weighted by Crippen LogP contribution is -2.42. The van der Waals surface area contributed by atoms with Gasteiger partial charge in [0.25, 0.3) is 0 Å². The number of fused-ring (bicyclic) bond motifs is 1. The summed E-state index contributed by atoms with van der Waals surface area (Å²) in [4.78, 5) is 14.3. The van der Waals surface area contributed by atoms with E-state index in [2.05, 4.69) is 10.2 Å². The van der Waals surface area contributed by atoms with Gasteiger partial charge in [0.2, 0.25) is 5.91 Å². The number of carbonyl (C=O) groups is 1.